The second-order valence-electron chi connectivity index (χ2n) is 5.85. The molecule has 2 aromatic rings. The molecule has 0 radical (unpaired) electrons. The number of primary sulfonamides is 1. The summed E-state index contributed by atoms with van der Waals surface area (Å²) in [6, 6.07) is 8.30. The van der Waals surface area contributed by atoms with Gasteiger partial charge < -0.3 is 15.5 Å². The lowest BCUT2D eigenvalue weighted by molar-refractivity contribution is 0.378. The molecular weight excluding hydrogens is 354 g/mol. The number of hydrogen-bond acceptors (Lipinski definition) is 6. The molecule has 3 rings (SSSR count). The van der Waals surface area contributed by atoms with Gasteiger partial charge in [0.2, 0.25) is 16.0 Å². The van der Waals surface area contributed by atoms with Crippen LogP contribution in [0.3, 0.4) is 0 Å². The average Bonchev–Trinajstić information content (AvgIpc) is 2.66. The molecule has 1 aromatic carbocycles. The highest BCUT2D eigenvalue weighted by atomic mass is 32.2. The predicted molar refractivity (Wildman–Crippen MR) is 99.0 cm³/mol. The molecule has 26 heavy (non-hydrogen) atoms. The molecule has 1 saturated heterocycles. The summed E-state index contributed by atoms with van der Waals surface area (Å²) >= 11 is 0. The van der Waals surface area contributed by atoms with Crippen molar-refractivity contribution in [2.24, 2.45) is 15.9 Å². The van der Waals surface area contributed by atoms with Gasteiger partial charge in [-0.05, 0) is 17.7 Å². The number of piperazine rings is 1. The van der Waals surface area contributed by atoms with Gasteiger partial charge in [-0.15, -0.1) is 0 Å². The van der Waals surface area contributed by atoms with Crippen LogP contribution in [0, 0.1) is 0 Å². The van der Waals surface area contributed by atoms with Crippen molar-refractivity contribution in [1.82, 2.24) is 14.9 Å². The van der Waals surface area contributed by atoms with E-state index in [-0.39, 0.29) is 11.4 Å². The van der Waals surface area contributed by atoms with Gasteiger partial charge in [0.05, 0.1) is 11.4 Å². The summed E-state index contributed by atoms with van der Waals surface area (Å²) in [4.78, 5) is 16.9. The number of nitrogens with two attached hydrogens (primary N) is 2. The maximum absolute atomic E-state index is 11.6. The standard InChI is InChI=1S/C16H21N7O2S/c17-15(21-12-13-4-1-2-5-14(13)26(18,24)25)22-8-10-23(11-9-22)16-19-6-3-7-20-16/h1-7H,8-12H2,(H2,17,21)(H2,18,24,25). The number of guanidine groups is 1. The summed E-state index contributed by atoms with van der Waals surface area (Å²) in [5.74, 6) is 1.08. The Hall–Kier alpha value is -2.72. The number of anilines is 1. The molecule has 0 saturated carbocycles. The van der Waals surface area contributed by atoms with Crippen LogP contribution in [0.25, 0.3) is 0 Å². The Morgan fingerprint density at radius 2 is 1.73 bits per heavy atom. The first-order valence-electron chi connectivity index (χ1n) is 8.12. The van der Waals surface area contributed by atoms with E-state index in [4.69, 9.17) is 10.9 Å². The quantitative estimate of drug-likeness (QED) is 0.557. The summed E-state index contributed by atoms with van der Waals surface area (Å²) in [7, 11) is -3.79. The van der Waals surface area contributed by atoms with Crippen molar-refractivity contribution in [2.75, 3.05) is 31.1 Å². The Kier molecular flexibility index (Phi) is 5.33. The maximum Gasteiger partial charge on any atom is 0.238 e. The second-order valence-corrected chi connectivity index (χ2v) is 7.38. The molecule has 0 bridgehead atoms. The average molecular weight is 375 g/mol. The van der Waals surface area contributed by atoms with Crippen LogP contribution in [0.5, 0.6) is 0 Å². The van der Waals surface area contributed by atoms with Crippen molar-refractivity contribution in [1.29, 1.82) is 0 Å². The molecule has 9 nitrogen and oxygen atoms in total. The Morgan fingerprint density at radius 3 is 2.38 bits per heavy atom. The fraction of sp³-hybridized carbons (Fsp3) is 0.312. The minimum atomic E-state index is -3.79. The predicted octanol–water partition coefficient (Wildman–Crippen LogP) is -0.239. The summed E-state index contributed by atoms with van der Waals surface area (Å²) in [6.07, 6.45) is 3.43. The lowest BCUT2D eigenvalue weighted by Gasteiger charge is -2.35. The molecule has 138 valence electrons. The van der Waals surface area contributed by atoms with E-state index in [1.54, 1.807) is 36.7 Å². The molecule has 10 heteroatoms. The lowest BCUT2D eigenvalue weighted by Crippen LogP contribution is -2.51. The summed E-state index contributed by atoms with van der Waals surface area (Å²) in [5, 5.41) is 5.24. The van der Waals surface area contributed by atoms with Crippen LogP contribution in [-0.4, -0.2) is 55.4 Å². The Bertz CT molecular complexity index is 878. The molecule has 2 heterocycles. The second kappa shape index (κ2) is 7.67. The number of benzene rings is 1. The zero-order valence-corrected chi connectivity index (χ0v) is 15.0. The maximum atomic E-state index is 11.6. The lowest BCUT2D eigenvalue weighted by atomic mass is 10.2. The van der Waals surface area contributed by atoms with E-state index in [2.05, 4.69) is 19.9 Å². The van der Waals surface area contributed by atoms with Gasteiger partial charge in [-0.25, -0.2) is 28.5 Å². The van der Waals surface area contributed by atoms with Crippen LogP contribution in [0.4, 0.5) is 5.95 Å². The third-order valence-corrected chi connectivity index (χ3v) is 5.14. The molecule has 4 N–H and O–H groups in total. The van der Waals surface area contributed by atoms with Crippen LogP contribution >= 0.6 is 0 Å². The summed E-state index contributed by atoms with van der Waals surface area (Å²) < 4.78 is 23.3. The molecule has 1 aromatic heterocycles. The first-order chi connectivity index (χ1) is 12.4. The first-order valence-corrected chi connectivity index (χ1v) is 9.67. The van der Waals surface area contributed by atoms with Gasteiger partial charge in [0.25, 0.3) is 0 Å². The van der Waals surface area contributed by atoms with Gasteiger partial charge in [-0.3, -0.25) is 0 Å². The van der Waals surface area contributed by atoms with Crippen LogP contribution in [0.2, 0.25) is 0 Å². The van der Waals surface area contributed by atoms with Crippen molar-refractivity contribution in [3.05, 3.63) is 48.3 Å². The van der Waals surface area contributed by atoms with E-state index in [0.29, 0.717) is 30.6 Å². The monoisotopic (exact) mass is 375 g/mol. The summed E-state index contributed by atoms with van der Waals surface area (Å²) in [6.45, 7) is 2.98. The van der Waals surface area contributed by atoms with Gasteiger partial charge >= 0.3 is 0 Å². The van der Waals surface area contributed by atoms with E-state index in [1.165, 1.54) is 6.07 Å². The molecule has 0 spiro atoms. The van der Waals surface area contributed by atoms with E-state index in [0.717, 1.165) is 13.1 Å². The normalized spacial score (nSPS) is 16.0. The SMILES string of the molecule is NC(=NCc1ccccc1S(N)(=O)=O)N1CCN(c2ncccn2)CC1. The fourth-order valence-electron chi connectivity index (χ4n) is 2.77. The van der Waals surface area contributed by atoms with Gasteiger partial charge in [0, 0.05) is 38.6 Å². The number of aliphatic imine (C=N–C) groups is 1. The van der Waals surface area contributed by atoms with Crippen molar-refractivity contribution in [3.8, 4) is 0 Å². The number of rotatable bonds is 4. The zero-order chi connectivity index (χ0) is 18.6. The smallest absolute Gasteiger partial charge is 0.238 e. The summed E-state index contributed by atoms with van der Waals surface area (Å²) in [5.41, 5.74) is 6.61. The fourth-order valence-corrected chi connectivity index (χ4v) is 3.53. The van der Waals surface area contributed by atoms with Crippen molar-refractivity contribution in [3.63, 3.8) is 0 Å². The van der Waals surface area contributed by atoms with Gasteiger partial charge in [0.15, 0.2) is 5.96 Å². The molecule has 0 unspecified atom stereocenters. The molecule has 1 fully saturated rings. The molecular formula is C16H21N7O2S. The van der Waals surface area contributed by atoms with Crippen LogP contribution in [0.15, 0.2) is 52.6 Å². The highest BCUT2D eigenvalue weighted by Gasteiger charge is 2.20. The van der Waals surface area contributed by atoms with Gasteiger partial charge in [0.1, 0.15) is 0 Å². The minimum absolute atomic E-state index is 0.0718. The topological polar surface area (TPSA) is 131 Å². The third-order valence-electron chi connectivity index (χ3n) is 4.13. The highest BCUT2D eigenvalue weighted by molar-refractivity contribution is 7.89. The van der Waals surface area contributed by atoms with Crippen LogP contribution in [-0.2, 0) is 16.6 Å². The Balaban J connectivity index is 1.63. The third kappa shape index (κ3) is 4.27. The molecule has 1 aliphatic rings. The molecule has 0 atom stereocenters. The number of nitrogens with zero attached hydrogens (tertiary/aromatic N) is 5. The first kappa shape index (κ1) is 18.1. The Morgan fingerprint density at radius 1 is 1.08 bits per heavy atom. The van der Waals surface area contributed by atoms with Crippen molar-refractivity contribution < 1.29 is 8.42 Å². The van der Waals surface area contributed by atoms with E-state index in [9.17, 15) is 8.42 Å². The number of aromatic nitrogens is 2. The Labute approximate surface area is 152 Å². The van der Waals surface area contributed by atoms with Gasteiger partial charge in [-0.1, -0.05) is 18.2 Å². The van der Waals surface area contributed by atoms with E-state index >= 15 is 0 Å². The molecule has 0 amide bonds. The van der Waals surface area contributed by atoms with Crippen LogP contribution < -0.4 is 15.8 Å². The number of sulfonamides is 1. The van der Waals surface area contributed by atoms with Crippen LogP contribution in [0.1, 0.15) is 5.56 Å². The minimum Gasteiger partial charge on any atom is -0.370 e. The van der Waals surface area contributed by atoms with E-state index < -0.39 is 10.0 Å². The largest absolute Gasteiger partial charge is 0.370 e. The van der Waals surface area contributed by atoms with Crippen molar-refractivity contribution in [2.45, 2.75) is 11.4 Å². The number of hydrogen-bond donors (Lipinski definition) is 2. The van der Waals surface area contributed by atoms with Crippen molar-refractivity contribution >= 4 is 21.9 Å². The highest BCUT2D eigenvalue weighted by Crippen LogP contribution is 2.15. The van der Waals surface area contributed by atoms with E-state index in [1.807, 2.05) is 4.90 Å². The zero-order valence-electron chi connectivity index (χ0n) is 14.2. The van der Waals surface area contributed by atoms with Gasteiger partial charge in [-0.2, -0.15) is 0 Å². The molecule has 0 aliphatic carbocycles. The molecule has 1 aliphatic heterocycles.